The molecule has 0 saturated carbocycles. The van der Waals surface area contributed by atoms with E-state index in [9.17, 15) is 17.6 Å². The van der Waals surface area contributed by atoms with Gasteiger partial charge in [0, 0.05) is 31.9 Å². The molecule has 0 radical (unpaired) electrons. The predicted molar refractivity (Wildman–Crippen MR) is 94.3 cm³/mol. The van der Waals surface area contributed by atoms with Crippen LogP contribution in [0.25, 0.3) is 0 Å². The standard InChI is InChI=1S/C16H17ClFN3O3S/c1-25(23,24)21(13-2-3-15(18)14(17)10-13)9-6-16(22)20-11-12-4-7-19-8-5-12/h2-5,7-8,10H,6,9,11H2,1H3,(H,20,22). The van der Waals surface area contributed by atoms with E-state index >= 15 is 0 Å². The van der Waals surface area contributed by atoms with Crippen molar-refractivity contribution in [2.45, 2.75) is 13.0 Å². The summed E-state index contributed by atoms with van der Waals surface area (Å²) < 4.78 is 38.2. The molecule has 1 heterocycles. The summed E-state index contributed by atoms with van der Waals surface area (Å²) in [6.45, 7) is 0.242. The number of nitrogens with one attached hydrogen (secondary N) is 1. The Balaban J connectivity index is 2.00. The normalized spacial score (nSPS) is 11.2. The van der Waals surface area contributed by atoms with Crippen molar-refractivity contribution in [2.75, 3.05) is 17.1 Å². The van der Waals surface area contributed by atoms with E-state index in [0.29, 0.717) is 6.54 Å². The zero-order valence-electron chi connectivity index (χ0n) is 13.4. The van der Waals surface area contributed by atoms with Gasteiger partial charge in [-0.3, -0.25) is 14.1 Å². The topological polar surface area (TPSA) is 79.4 Å². The van der Waals surface area contributed by atoms with Crippen molar-refractivity contribution < 1.29 is 17.6 Å². The molecule has 1 N–H and O–H groups in total. The number of anilines is 1. The van der Waals surface area contributed by atoms with Gasteiger partial charge in [-0.2, -0.15) is 0 Å². The fourth-order valence-corrected chi connectivity index (χ4v) is 3.21. The number of benzene rings is 1. The molecular weight excluding hydrogens is 369 g/mol. The number of hydrogen-bond donors (Lipinski definition) is 1. The number of sulfonamides is 1. The van der Waals surface area contributed by atoms with Crippen LogP contribution in [0.4, 0.5) is 10.1 Å². The molecule has 134 valence electrons. The first-order valence-electron chi connectivity index (χ1n) is 7.36. The molecule has 0 fully saturated rings. The van der Waals surface area contributed by atoms with E-state index in [1.54, 1.807) is 24.5 Å². The highest BCUT2D eigenvalue weighted by Crippen LogP contribution is 2.24. The number of aromatic nitrogens is 1. The minimum atomic E-state index is -3.65. The van der Waals surface area contributed by atoms with Gasteiger partial charge in [0.05, 0.1) is 17.0 Å². The fraction of sp³-hybridized carbons (Fsp3) is 0.250. The lowest BCUT2D eigenvalue weighted by molar-refractivity contribution is -0.121. The van der Waals surface area contributed by atoms with Gasteiger partial charge in [0.15, 0.2) is 0 Å². The predicted octanol–water partition coefficient (Wildman–Crippen LogP) is 2.35. The Labute approximate surface area is 150 Å². The number of halogens is 2. The summed E-state index contributed by atoms with van der Waals surface area (Å²) in [7, 11) is -3.65. The molecule has 0 unspecified atom stereocenters. The smallest absolute Gasteiger partial charge is 0.232 e. The summed E-state index contributed by atoms with van der Waals surface area (Å²) >= 11 is 5.71. The van der Waals surface area contributed by atoms with Gasteiger partial charge in [-0.25, -0.2) is 12.8 Å². The van der Waals surface area contributed by atoms with Crippen LogP contribution in [0.5, 0.6) is 0 Å². The maximum absolute atomic E-state index is 13.3. The summed E-state index contributed by atoms with van der Waals surface area (Å²) in [5.41, 5.74) is 1.09. The first kappa shape index (κ1) is 19.1. The van der Waals surface area contributed by atoms with Crippen LogP contribution in [0.15, 0.2) is 42.7 Å². The minimum absolute atomic E-state index is 0.0485. The number of amides is 1. The van der Waals surface area contributed by atoms with E-state index in [2.05, 4.69) is 10.3 Å². The molecule has 25 heavy (non-hydrogen) atoms. The van der Waals surface area contributed by atoms with E-state index in [4.69, 9.17) is 11.6 Å². The molecule has 1 aromatic carbocycles. The van der Waals surface area contributed by atoms with Gasteiger partial charge >= 0.3 is 0 Å². The van der Waals surface area contributed by atoms with E-state index in [0.717, 1.165) is 22.2 Å². The summed E-state index contributed by atoms with van der Waals surface area (Å²) in [5.74, 6) is -0.951. The zero-order valence-corrected chi connectivity index (χ0v) is 15.0. The molecular formula is C16H17ClFN3O3S. The molecule has 1 amide bonds. The molecule has 6 nitrogen and oxygen atoms in total. The lowest BCUT2D eigenvalue weighted by Crippen LogP contribution is -2.34. The number of nitrogens with zero attached hydrogens (tertiary/aromatic N) is 2. The van der Waals surface area contributed by atoms with Crippen molar-refractivity contribution in [1.82, 2.24) is 10.3 Å². The Morgan fingerprint density at radius 2 is 1.96 bits per heavy atom. The first-order chi connectivity index (χ1) is 11.8. The zero-order chi connectivity index (χ0) is 18.4. The van der Waals surface area contributed by atoms with Crippen molar-refractivity contribution in [2.24, 2.45) is 0 Å². The molecule has 0 aliphatic heterocycles. The lowest BCUT2D eigenvalue weighted by atomic mass is 10.2. The Bertz CT molecular complexity index is 847. The number of pyridine rings is 1. The van der Waals surface area contributed by atoms with E-state index in [1.807, 2.05) is 0 Å². The highest BCUT2D eigenvalue weighted by atomic mass is 35.5. The van der Waals surface area contributed by atoms with Crippen molar-refractivity contribution in [3.05, 3.63) is 59.1 Å². The molecule has 1 aromatic heterocycles. The maximum Gasteiger partial charge on any atom is 0.232 e. The molecule has 9 heteroatoms. The van der Waals surface area contributed by atoms with Gasteiger partial charge in [-0.15, -0.1) is 0 Å². The monoisotopic (exact) mass is 385 g/mol. The van der Waals surface area contributed by atoms with Gasteiger partial charge in [0.1, 0.15) is 5.82 Å². The summed E-state index contributed by atoms with van der Waals surface area (Å²) in [4.78, 5) is 15.8. The Kier molecular flexibility index (Phi) is 6.33. The third-order valence-corrected chi connectivity index (χ3v) is 4.86. The van der Waals surface area contributed by atoms with Gasteiger partial charge < -0.3 is 5.32 Å². The molecule has 2 aromatic rings. The van der Waals surface area contributed by atoms with E-state index in [-0.39, 0.29) is 29.6 Å². The van der Waals surface area contributed by atoms with Gasteiger partial charge in [0.25, 0.3) is 0 Å². The van der Waals surface area contributed by atoms with E-state index in [1.165, 1.54) is 12.1 Å². The lowest BCUT2D eigenvalue weighted by Gasteiger charge is -2.22. The third-order valence-electron chi connectivity index (χ3n) is 3.37. The second-order valence-corrected chi connectivity index (χ2v) is 7.63. The van der Waals surface area contributed by atoms with Crippen LogP contribution in [-0.2, 0) is 21.4 Å². The SMILES string of the molecule is CS(=O)(=O)N(CCC(=O)NCc1ccncc1)c1ccc(F)c(Cl)c1. The Hall–Kier alpha value is -2.19. The molecule has 0 saturated heterocycles. The highest BCUT2D eigenvalue weighted by Gasteiger charge is 2.19. The molecule has 0 spiro atoms. The Morgan fingerprint density at radius 3 is 2.56 bits per heavy atom. The second-order valence-electron chi connectivity index (χ2n) is 5.32. The maximum atomic E-state index is 13.3. The fourth-order valence-electron chi connectivity index (χ4n) is 2.12. The van der Waals surface area contributed by atoms with Crippen molar-refractivity contribution in [1.29, 1.82) is 0 Å². The van der Waals surface area contributed by atoms with Crippen LogP contribution in [0.3, 0.4) is 0 Å². The van der Waals surface area contributed by atoms with Crippen molar-refractivity contribution in [3.8, 4) is 0 Å². The van der Waals surface area contributed by atoms with Crippen LogP contribution >= 0.6 is 11.6 Å². The third kappa shape index (κ3) is 5.68. The van der Waals surface area contributed by atoms with Crippen LogP contribution < -0.4 is 9.62 Å². The molecule has 0 bridgehead atoms. The van der Waals surface area contributed by atoms with Crippen molar-refractivity contribution in [3.63, 3.8) is 0 Å². The van der Waals surface area contributed by atoms with E-state index < -0.39 is 15.8 Å². The van der Waals surface area contributed by atoms with Crippen LogP contribution in [-0.4, -0.2) is 32.1 Å². The van der Waals surface area contributed by atoms with Crippen LogP contribution in [0.1, 0.15) is 12.0 Å². The molecule has 0 aliphatic rings. The molecule has 0 atom stereocenters. The van der Waals surface area contributed by atoms with Gasteiger partial charge in [0.2, 0.25) is 15.9 Å². The average molecular weight is 386 g/mol. The molecule has 0 aliphatic carbocycles. The summed E-state index contributed by atoms with van der Waals surface area (Å²) in [6.07, 6.45) is 4.20. The quantitative estimate of drug-likeness (QED) is 0.793. The number of carbonyl (C=O) groups excluding carboxylic acids is 1. The summed E-state index contributed by atoms with van der Waals surface area (Å²) in [6, 6.07) is 7.14. The largest absolute Gasteiger partial charge is 0.352 e. The second kappa shape index (κ2) is 8.26. The number of carbonyl (C=O) groups is 1. The van der Waals surface area contributed by atoms with Crippen LogP contribution in [0.2, 0.25) is 5.02 Å². The molecule has 2 rings (SSSR count). The number of hydrogen-bond acceptors (Lipinski definition) is 4. The number of rotatable bonds is 7. The Morgan fingerprint density at radius 1 is 1.28 bits per heavy atom. The average Bonchev–Trinajstić information content (AvgIpc) is 2.56. The van der Waals surface area contributed by atoms with Gasteiger partial charge in [-0.05, 0) is 35.9 Å². The first-order valence-corrected chi connectivity index (χ1v) is 9.58. The minimum Gasteiger partial charge on any atom is -0.352 e. The van der Waals surface area contributed by atoms with Crippen molar-refractivity contribution >= 4 is 33.2 Å². The van der Waals surface area contributed by atoms with Gasteiger partial charge in [-0.1, -0.05) is 11.6 Å². The highest BCUT2D eigenvalue weighted by molar-refractivity contribution is 7.92. The van der Waals surface area contributed by atoms with Crippen LogP contribution in [0, 0.1) is 5.82 Å². The summed E-state index contributed by atoms with van der Waals surface area (Å²) in [5, 5.41) is 2.52.